The molecular formula is C19H21F2N3O. The fourth-order valence-corrected chi connectivity index (χ4v) is 2.97. The van der Waals surface area contributed by atoms with Crippen molar-refractivity contribution in [1.82, 2.24) is 15.6 Å². The molecule has 1 atom stereocenters. The molecule has 1 aliphatic carbocycles. The molecule has 2 aromatic rings. The number of rotatable bonds is 5. The number of aromatic nitrogens is 1. The third-order valence-electron chi connectivity index (χ3n) is 4.93. The van der Waals surface area contributed by atoms with E-state index in [0.717, 1.165) is 16.7 Å². The molecule has 0 aliphatic heterocycles. The molecule has 2 N–H and O–H groups in total. The van der Waals surface area contributed by atoms with Crippen LogP contribution in [0.1, 0.15) is 19.4 Å². The first-order valence-corrected chi connectivity index (χ1v) is 8.21. The van der Waals surface area contributed by atoms with Gasteiger partial charge in [-0.2, -0.15) is 0 Å². The first kappa shape index (κ1) is 17.3. The van der Waals surface area contributed by atoms with E-state index in [9.17, 15) is 13.6 Å². The first-order valence-electron chi connectivity index (χ1n) is 8.21. The molecule has 1 fully saturated rings. The van der Waals surface area contributed by atoms with Crippen molar-refractivity contribution >= 4 is 6.03 Å². The summed E-state index contributed by atoms with van der Waals surface area (Å²) in [5.74, 6) is -3.52. The molecule has 1 aliphatic rings. The smallest absolute Gasteiger partial charge is 0.315 e. The topological polar surface area (TPSA) is 54.0 Å². The fourth-order valence-electron chi connectivity index (χ4n) is 2.97. The maximum atomic E-state index is 13.5. The van der Waals surface area contributed by atoms with Crippen LogP contribution in [0, 0.1) is 11.3 Å². The van der Waals surface area contributed by atoms with Crippen LogP contribution in [0.2, 0.25) is 0 Å². The van der Waals surface area contributed by atoms with Crippen molar-refractivity contribution in [1.29, 1.82) is 0 Å². The molecule has 2 amide bonds. The first-order chi connectivity index (χ1) is 11.8. The Bertz CT molecular complexity index is 748. The summed E-state index contributed by atoms with van der Waals surface area (Å²) in [5, 5.41) is 5.24. The highest BCUT2D eigenvalue weighted by Crippen LogP contribution is 2.65. The van der Waals surface area contributed by atoms with Crippen molar-refractivity contribution in [2.75, 3.05) is 6.54 Å². The molecule has 1 saturated carbocycles. The number of amides is 2. The van der Waals surface area contributed by atoms with Gasteiger partial charge in [0.1, 0.15) is 0 Å². The minimum absolute atomic E-state index is 0.0262. The maximum Gasteiger partial charge on any atom is 0.315 e. The third kappa shape index (κ3) is 3.48. The van der Waals surface area contributed by atoms with Gasteiger partial charge in [-0.15, -0.1) is 0 Å². The van der Waals surface area contributed by atoms with Gasteiger partial charge < -0.3 is 10.6 Å². The van der Waals surface area contributed by atoms with E-state index < -0.39 is 23.3 Å². The molecule has 4 nitrogen and oxygen atoms in total. The molecule has 0 spiro atoms. The van der Waals surface area contributed by atoms with Crippen molar-refractivity contribution in [2.24, 2.45) is 11.3 Å². The third-order valence-corrected chi connectivity index (χ3v) is 4.93. The molecule has 3 rings (SSSR count). The Balaban J connectivity index is 1.51. The van der Waals surface area contributed by atoms with Crippen molar-refractivity contribution < 1.29 is 13.6 Å². The number of hydrogen-bond acceptors (Lipinski definition) is 2. The largest absolute Gasteiger partial charge is 0.338 e. The van der Waals surface area contributed by atoms with Crippen LogP contribution in [-0.2, 0) is 6.54 Å². The summed E-state index contributed by atoms with van der Waals surface area (Å²) in [6.45, 7) is 3.33. The number of pyridine rings is 1. The highest BCUT2D eigenvalue weighted by Gasteiger charge is 2.74. The molecule has 25 heavy (non-hydrogen) atoms. The molecule has 1 unspecified atom stereocenters. The van der Waals surface area contributed by atoms with E-state index >= 15 is 0 Å². The lowest BCUT2D eigenvalue weighted by atomic mass is 10.0. The lowest BCUT2D eigenvalue weighted by Gasteiger charge is -2.09. The number of carbonyl (C=O) groups is 1. The molecule has 1 aromatic heterocycles. The predicted octanol–water partition coefficient (Wildman–Crippen LogP) is 3.84. The second-order valence-corrected chi connectivity index (χ2v) is 6.90. The SMILES string of the molecule is CC1(C)C(CNC(=O)NCc2cccc(-c3cccnc3)c2)C1(F)F. The number of halogens is 2. The van der Waals surface area contributed by atoms with Crippen LogP contribution in [0.25, 0.3) is 11.1 Å². The van der Waals surface area contributed by atoms with Gasteiger partial charge in [-0.25, -0.2) is 13.6 Å². The monoisotopic (exact) mass is 345 g/mol. The number of carbonyl (C=O) groups excluding carboxylic acids is 1. The van der Waals surface area contributed by atoms with Gasteiger partial charge in [0.2, 0.25) is 0 Å². The molecular weight excluding hydrogens is 324 g/mol. The normalized spacial score (nSPS) is 19.9. The predicted molar refractivity (Wildman–Crippen MR) is 92.1 cm³/mol. The van der Waals surface area contributed by atoms with Gasteiger partial charge in [0.15, 0.2) is 0 Å². The van der Waals surface area contributed by atoms with Gasteiger partial charge in [0.25, 0.3) is 5.92 Å². The molecule has 0 saturated heterocycles. The van der Waals surface area contributed by atoms with Gasteiger partial charge in [0, 0.05) is 30.9 Å². The Morgan fingerprint density at radius 1 is 1.16 bits per heavy atom. The van der Waals surface area contributed by atoms with E-state index in [4.69, 9.17) is 0 Å². The highest BCUT2D eigenvalue weighted by molar-refractivity contribution is 5.74. The Labute approximate surface area is 145 Å². The van der Waals surface area contributed by atoms with Crippen molar-refractivity contribution in [3.63, 3.8) is 0 Å². The number of hydrogen-bond donors (Lipinski definition) is 2. The van der Waals surface area contributed by atoms with E-state index in [-0.39, 0.29) is 6.54 Å². The Morgan fingerprint density at radius 3 is 2.52 bits per heavy atom. The zero-order valence-corrected chi connectivity index (χ0v) is 14.2. The average molecular weight is 345 g/mol. The average Bonchev–Trinajstić information content (AvgIpc) is 3.00. The summed E-state index contributed by atoms with van der Waals surface area (Å²) >= 11 is 0. The van der Waals surface area contributed by atoms with Gasteiger partial charge in [-0.3, -0.25) is 4.98 Å². The lowest BCUT2D eigenvalue weighted by Crippen LogP contribution is -2.37. The number of alkyl halides is 2. The van der Waals surface area contributed by atoms with Crippen LogP contribution < -0.4 is 10.6 Å². The maximum absolute atomic E-state index is 13.5. The zero-order chi connectivity index (χ0) is 18.1. The van der Waals surface area contributed by atoms with E-state index in [1.54, 1.807) is 12.4 Å². The Kier molecular flexibility index (Phi) is 4.45. The van der Waals surface area contributed by atoms with Crippen LogP contribution in [-0.4, -0.2) is 23.5 Å². The minimum atomic E-state index is -2.71. The van der Waals surface area contributed by atoms with E-state index in [0.29, 0.717) is 6.54 Å². The van der Waals surface area contributed by atoms with E-state index in [1.165, 1.54) is 13.8 Å². The minimum Gasteiger partial charge on any atom is -0.338 e. The standard InChI is InChI=1S/C19H21F2N3O/c1-18(2)16(19(18,20)21)12-24-17(25)23-10-13-5-3-6-14(9-13)15-7-4-8-22-11-15/h3-9,11,16H,10,12H2,1-2H3,(H2,23,24,25). The number of benzene rings is 1. The van der Waals surface area contributed by atoms with E-state index in [2.05, 4.69) is 15.6 Å². The summed E-state index contributed by atoms with van der Waals surface area (Å²) < 4.78 is 27.0. The summed E-state index contributed by atoms with van der Waals surface area (Å²) in [6.07, 6.45) is 3.49. The Hall–Kier alpha value is -2.50. The summed E-state index contributed by atoms with van der Waals surface area (Å²) in [4.78, 5) is 15.9. The summed E-state index contributed by atoms with van der Waals surface area (Å²) in [7, 11) is 0. The van der Waals surface area contributed by atoms with Crippen LogP contribution in [0.4, 0.5) is 13.6 Å². The van der Waals surface area contributed by atoms with E-state index in [1.807, 2.05) is 36.4 Å². The molecule has 1 heterocycles. The van der Waals surface area contributed by atoms with Gasteiger partial charge in [-0.05, 0) is 28.8 Å². The number of urea groups is 1. The summed E-state index contributed by atoms with van der Waals surface area (Å²) in [6, 6.07) is 11.1. The Morgan fingerprint density at radius 2 is 1.88 bits per heavy atom. The van der Waals surface area contributed by atoms with Gasteiger partial charge >= 0.3 is 6.03 Å². The quantitative estimate of drug-likeness (QED) is 0.865. The second-order valence-electron chi connectivity index (χ2n) is 6.90. The van der Waals surface area contributed by atoms with Crippen LogP contribution in [0.15, 0.2) is 48.8 Å². The molecule has 0 radical (unpaired) electrons. The lowest BCUT2D eigenvalue weighted by molar-refractivity contribution is 0.0668. The second kappa shape index (κ2) is 6.43. The van der Waals surface area contributed by atoms with Crippen molar-refractivity contribution in [3.8, 4) is 11.1 Å². The van der Waals surface area contributed by atoms with Crippen molar-refractivity contribution in [3.05, 3.63) is 54.4 Å². The van der Waals surface area contributed by atoms with Crippen LogP contribution >= 0.6 is 0 Å². The highest BCUT2D eigenvalue weighted by atomic mass is 19.3. The van der Waals surface area contributed by atoms with Gasteiger partial charge in [0.05, 0.1) is 5.92 Å². The number of nitrogens with one attached hydrogen (secondary N) is 2. The molecule has 6 heteroatoms. The van der Waals surface area contributed by atoms with Crippen LogP contribution in [0.3, 0.4) is 0 Å². The van der Waals surface area contributed by atoms with Crippen molar-refractivity contribution in [2.45, 2.75) is 26.3 Å². The van der Waals surface area contributed by atoms with Crippen LogP contribution in [0.5, 0.6) is 0 Å². The fraction of sp³-hybridized carbons (Fsp3) is 0.368. The zero-order valence-electron chi connectivity index (χ0n) is 14.2. The molecule has 132 valence electrons. The van der Waals surface area contributed by atoms with Gasteiger partial charge in [-0.1, -0.05) is 38.1 Å². The molecule has 0 bridgehead atoms. The summed E-state index contributed by atoms with van der Waals surface area (Å²) in [5.41, 5.74) is 1.88. The number of nitrogens with zero attached hydrogens (tertiary/aromatic N) is 1. The molecule has 1 aromatic carbocycles.